The molecule has 18 heavy (non-hydrogen) atoms. The van der Waals surface area contributed by atoms with Crippen LogP contribution in [-0.2, 0) is 0 Å². The van der Waals surface area contributed by atoms with Crippen molar-refractivity contribution in [2.75, 3.05) is 0 Å². The minimum absolute atomic E-state index is 0.580. The van der Waals surface area contributed by atoms with Crippen LogP contribution in [0.4, 0.5) is 0 Å². The zero-order valence-electron chi connectivity index (χ0n) is 11.6. The van der Waals surface area contributed by atoms with Crippen LogP contribution in [0, 0.1) is 11.3 Å². The van der Waals surface area contributed by atoms with E-state index in [1.54, 1.807) is 4.88 Å². The normalized spacial score (nSPS) is 26.1. The Morgan fingerprint density at radius 1 is 1.22 bits per heavy atom. The predicted octanol–water partition coefficient (Wildman–Crippen LogP) is 4.76. The van der Waals surface area contributed by atoms with Gasteiger partial charge in [-0.3, -0.25) is 0 Å². The summed E-state index contributed by atoms with van der Waals surface area (Å²) in [5.41, 5.74) is 0.580. The van der Waals surface area contributed by atoms with Gasteiger partial charge < -0.3 is 5.32 Å². The SMILES string of the molecule is CC1(C)CCC(NC(c2cccs2)C2CC2)CC1. The lowest BCUT2D eigenvalue weighted by atomic mass is 9.75. The summed E-state index contributed by atoms with van der Waals surface area (Å²) < 4.78 is 0. The highest BCUT2D eigenvalue weighted by atomic mass is 32.1. The van der Waals surface area contributed by atoms with E-state index in [4.69, 9.17) is 0 Å². The summed E-state index contributed by atoms with van der Waals surface area (Å²) in [5, 5.41) is 6.19. The van der Waals surface area contributed by atoms with Crippen molar-refractivity contribution in [1.82, 2.24) is 5.32 Å². The molecule has 1 N–H and O–H groups in total. The van der Waals surface area contributed by atoms with Crippen molar-refractivity contribution in [1.29, 1.82) is 0 Å². The highest BCUT2D eigenvalue weighted by molar-refractivity contribution is 7.10. The fourth-order valence-corrected chi connectivity index (χ4v) is 4.05. The molecule has 2 heteroatoms. The first-order valence-corrected chi connectivity index (χ1v) is 8.31. The summed E-state index contributed by atoms with van der Waals surface area (Å²) in [6.45, 7) is 4.84. The molecule has 1 atom stereocenters. The second kappa shape index (κ2) is 4.97. The summed E-state index contributed by atoms with van der Waals surface area (Å²) >= 11 is 1.93. The first kappa shape index (κ1) is 12.7. The van der Waals surface area contributed by atoms with Crippen molar-refractivity contribution in [3.8, 4) is 0 Å². The van der Waals surface area contributed by atoms with Gasteiger partial charge in [0.05, 0.1) is 0 Å². The Balaban J connectivity index is 1.60. The Bertz CT molecular complexity index is 368. The third kappa shape index (κ3) is 2.97. The summed E-state index contributed by atoms with van der Waals surface area (Å²) in [6, 6.07) is 5.91. The van der Waals surface area contributed by atoms with E-state index >= 15 is 0 Å². The molecule has 0 aliphatic heterocycles. The second-order valence-corrected chi connectivity index (χ2v) is 7.91. The number of hydrogen-bond acceptors (Lipinski definition) is 2. The molecule has 2 saturated carbocycles. The van der Waals surface area contributed by atoms with E-state index in [0.29, 0.717) is 11.5 Å². The molecule has 0 radical (unpaired) electrons. The minimum Gasteiger partial charge on any atom is -0.306 e. The molecule has 0 aromatic carbocycles. The molecule has 100 valence electrons. The van der Waals surface area contributed by atoms with E-state index in [9.17, 15) is 0 Å². The third-order valence-electron chi connectivity index (χ3n) is 4.70. The van der Waals surface area contributed by atoms with Gasteiger partial charge in [0.1, 0.15) is 0 Å². The monoisotopic (exact) mass is 263 g/mol. The average Bonchev–Trinajstić information content (AvgIpc) is 3.03. The maximum Gasteiger partial charge on any atom is 0.0445 e. The van der Waals surface area contributed by atoms with Crippen molar-refractivity contribution in [2.45, 2.75) is 64.5 Å². The van der Waals surface area contributed by atoms with Crippen molar-refractivity contribution < 1.29 is 0 Å². The molecule has 2 aliphatic rings. The molecule has 1 aromatic rings. The van der Waals surface area contributed by atoms with Gasteiger partial charge in [0.2, 0.25) is 0 Å². The summed E-state index contributed by atoms with van der Waals surface area (Å²) in [5.74, 6) is 0.915. The highest BCUT2D eigenvalue weighted by Gasteiger charge is 2.35. The van der Waals surface area contributed by atoms with E-state index in [-0.39, 0.29) is 0 Å². The molecule has 1 heterocycles. The van der Waals surface area contributed by atoms with E-state index < -0.39 is 0 Å². The fraction of sp³-hybridized carbons (Fsp3) is 0.750. The standard InChI is InChI=1S/C16H25NS/c1-16(2)9-7-13(8-10-16)17-15(12-5-6-12)14-4-3-11-18-14/h3-4,11-13,15,17H,5-10H2,1-2H3. The zero-order chi connectivity index (χ0) is 12.6. The molecular formula is C16H25NS. The largest absolute Gasteiger partial charge is 0.306 e. The van der Waals surface area contributed by atoms with Crippen LogP contribution in [0.25, 0.3) is 0 Å². The van der Waals surface area contributed by atoms with E-state index in [2.05, 4.69) is 36.7 Å². The van der Waals surface area contributed by atoms with Gasteiger partial charge in [-0.15, -0.1) is 11.3 Å². The molecule has 0 amide bonds. The van der Waals surface area contributed by atoms with Gasteiger partial charge in [0, 0.05) is 17.0 Å². The Labute approximate surface area is 115 Å². The van der Waals surface area contributed by atoms with Crippen molar-refractivity contribution in [2.24, 2.45) is 11.3 Å². The smallest absolute Gasteiger partial charge is 0.0445 e. The Hall–Kier alpha value is -0.340. The molecule has 0 bridgehead atoms. The first-order valence-electron chi connectivity index (χ1n) is 7.43. The molecule has 2 aliphatic carbocycles. The lowest BCUT2D eigenvalue weighted by Gasteiger charge is -2.36. The third-order valence-corrected chi connectivity index (χ3v) is 5.65. The van der Waals surface area contributed by atoms with Crippen LogP contribution in [0.15, 0.2) is 17.5 Å². The van der Waals surface area contributed by atoms with Gasteiger partial charge in [0.15, 0.2) is 0 Å². The Morgan fingerprint density at radius 3 is 2.50 bits per heavy atom. The number of thiophene rings is 1. The zero-order valence-corrected chi connectivity index (χ0v) is 12.4. The Morgan fingerprint density at radius 2 is 1.94 bits per heavy atom. The van der Waals surface area contributed by atoms with Crippen molar-refractivity contribution in [3.63, 3.8) is 0 Å². The maximum absolute atomic E-state index is 3.97. The van der Waals surface area contributed by atoms with Crippen LogP contribution >= 0.6 is 11.3 Å². The molecule has 0 spiro atoms. The summed E-state index contributed by atoms with van der Waals surface area (Å²) in [6.07, 6.45) is 8.34. The maximum atomic E-state index is 3.97. The van der Waals surface area contributed by atoms with Gasteiger partial charge >= 0.3 is 0 Å². The lowest BCUT2D eigenvalue weighted by Crippen LogP contribution is -2.38. The second-order valence-electron chi connectivity index (χ2n) is 6.94. The molecule has 0 saturated heterocycles. The van der Waals surface area contributed by atoms with Gasteiger partial charge in [-0.2, -0.15) is 0 Å². The van der Waals surface area contributed by atoms with Crippen LogP contribution in [0.3, 0.4) is 0 Å². The molecule has 1 unspecified atom stereocenters. The average molecular weight is 263 g/mol. The van der Waals surface area contributed by atoms with E-state index in [1.807, 2.05) is 11.3 Å². The first-order chi connectivity index (χ1) is 8.64. The molecular weight excluding hydrogens is 238 g/mol. The van der Waals surface area contributed by atoms with Crippen LogP contribution in [0.2, 0.25) is 0 Å². The van der Waals surface area contributed by atoms with Gasteiger partial charge in [-0.25, -0.2) is 0 Å². The summed E-state index contributed by atoms with van der Waals surface area (Å²) in [4.78, 5) is 1.56. The van der Waals surface area contributed by atoms with Crippen LogP contribution in [0.1, 0.15) is 63.3 Å². The van der Waals surface area contributed by atoms with E-state index in [1.165, 1.54) is 38.5 Å². The van der Waals surface area contributed by atoms with E-state index in [0.717, 1.165) is 12.0 Å². The van der Waals surface area contributed by atoms with Gasteiger partial charge in [-0.05, 0) is 61.3 Å². The predicted molar refractivity (Wildman–Crippen MR) is 79.0 cm³/mol. The van der Waals surface area contributed by atoms with Crippen molar-refractivity contribution in [3.05, 3.63) is 22.4 Å². The minimum atomic E-state index is 0.580. The lowest BCUT2D eigenvalue weighted by molar-refractivity contribution is 0.195. The van der Waals surface area contributed by atoms with Gasteiger partial charge in [0.25, 0.3) is 0 Å². The van der Waals surface area contributed by atoms with Gasteiger partial charge in [-0.1, -0.05) is 19.9 Å². The van der Waals surface area contributed by atoms with Crippen molar-refractivity contribution >= 4 is 11.3 Å². The van der Waals surface area contributed by atoms with Crippen LogP contribution in [0.5, 0.6) is 0 Å². The summed E-state index contributed by atoms with van der Waals surface area (Å²) in [7, 11) is 0. The topological polar surface area (TPSA) is 12.0 Å². The molecule has 1 aromatic heterocycles. The Kier molecular flexibility index (Phi) is 3.50. The molecule has 1 nitrogen and oxygen atoms in total. The number of hydrogen-bond donors (Lipinski definition) is 1. The fourth-order valence-electron chi connectivity index (χ4n) is 3.17. The number of rotatable bonds is 4. The van der Waals surface area contributed by atoms with Crippen LogP contribution in [-0.4, -0.2) is 6.04 Å². The molecule has 3 rings (SSSR count). The quantitative estimate of drug-likeness (QED) is 0.826. The van der Waals surface area contributed by atoms with Crippen LogP contribution < -0.4 is 5.32 Å². The highest BCUT2D eigenvalue weighted by Crippen LogP contribution is 2.44. The molecule has 2 fully saturated rings. The number of nitrogens with one attached hydrogen (secondary N) is 1.